The second-order valence-corrected chi connectivity index (χ2v) is 3.12. The Kier molecular flexibility index (Phi) is 12.2. The smallest absolute Gasteiger partial charge is 0 e. The van der Waals surface area contributed by atoms with E-state index in [-0.39, 0.29) is 73.8 Å². The van der Waals surface area contributed by atoms with Crippen molar-refractivity contribution in [1.29, 1.82) is 0 Å². The maximum absolute atomic E-state index is 2.20. The number of halogens is 2. The van der Waals surface area contributed by atoms with Crippen molar-refractivity contribution >= 4 is 0 Å². The van der Waals surface area contributed by atoms with Crippen molar-refractivity contribution < 1.29 is 73.8 Å². The van der Waals surface area contributed by atoms with Crippen molar-refractivity contribution in [3.8, 4) is 0 Å². The third kappa shape index (κ3) is 3.97. The normalized spacial score (nSPS) is 8.08. The molecular formula is C10H15HfI2-3. The van der Waals surface area contributed by atoms with E-state index in [0.29, 0.717) is 0 Å². The van der Waals surface area contributed by atoms with Crippen molar-refractivity contribution in [2.75, 3.05) is 0 Å². The van der Waals surface area contributed by atoms with Crippen molar-refractivity contribution in [1.82, 2.24) is 0 Å². The van der Waals surface area contributed by atoms with E-state index in [4.69, 9.17) is 0 Å². The van der Waals surface area contributed by atoms with Crippen LogP contribution in [0.4, 0.5) is 0 Å². The van der Waals surface area contributed by atoms with E-state index in [2.05, 4.69) is 34.6 Å². The third-order valence-corrected chi connectivity index (χ3v) is 2.81. The van der Waals surface area contributed by atoms with Gasteiger partial charge in [0.1, 0.15) is 0 Å². The van der Waals surface area contributed by atoms with Gasteiger partial charge in [0, 0.05) is 25.8 Å². The molecule has 0 amide bonds. The average Bonchev–Trinajstić information content (AvgIpc) is 2.07. The molecule has 13 heavy (non-hydrogen) atoms. The van der Waals surface area contributed by atoms with Gasteiger partial charge in [0.25, 0.3) is 0 Å². The van der Waals surface area contributed by atoms with Crippen LogP contribution in [0.1, 0.15) is 27.8 Å². The van der Waals surface area contributed by atoms with E-state index < -0.39 is 0 Å². The SMILES string of the molecule is Cc1c(C)c(C)[c-](C)c1C.[Hf].[I-].[I-]. The fourth-order valence-electron chi connectivity index (χ4n) is 1.41. The van der Waals surface area contributed by atoms with Crippen LogP contribution in [-0.2, 0) is 25.8 Å². The van der Waals surface area contributed by atoms with Gasteiger partial charge in [-0.05, 0) is 0 Å². The van der Waals surface area contributed by atoms with E-state index in [9.17, 15) is 0 Å². The number of hydrogen-bond acceptors (Lipinski definition) is 0. The van der Waals surface area contributed by atoms with Crippen LogP contribution in [0.15, 0.2) is 0 Å². The summed E-state index contributed by atoms with van der Waals surface area (Å²) in [6, 6.07) is 0. The first kappa shape index (κ1) is 20.1. The predicted octanol–water partition coefficient (Wildman–Crippen LogP) is -3.05. The van der Waals surface area contributed by atoms with Gasteiger partial charge in [0.2, 0.25) is 0 Å². The van der Waals surface area contributed by atoms with Gasteiger partial charge in [-0.25, -0.2) is 0 Å². The summed E-state index contributed by atoms with van der Waals surface area (Å²) >= 11 is 0. The molecule has 0 saturated carbocycles. The fourth-order valence-corrected chi connectivity index (χ4v) is 1.41. The zero-order valence-corrected chi connectivity index (χ0v) is 16.7. The molecule has 0 radical (unpaired) electrons. The molecule has 0 bridgehead atoms. The van der Waals surface area contributed by atoms with E-state index in [1.807, 2.05) is 0 Å². The predicted molar refractivity (Wildman–Crippen MR) is 45.7 cm³/mol. The minimum absolute atomic E-state index is 0. The fraction of sp³-hybridized carbons (Fsp3) is 0.500. The summed E-state index contributed by atoms with van der Waals surface area (Å²) in [6.45, 7) is 11.0. The molecule has 3 heteroatoms. The number of hydrogen-bond donors (Lipinski definition) is 0. The van der Waals surface area contributed by atoms with E-state index in [1.54, 1.807) is 0 Å². The average molecular weight is 568 g/mol. The first-order chi connectivity index (χ1) is 4.55. The molecule has 0 aliphatic carbocycles. The Balaban J connectivity index is -0.000000333. The van der Waals surface area contributed by atoms with Crippen LogP contribution in [0.25, 0.3) is 0 Å². The topological polar surface area (TPSA) is 0 Å². The molecule has 0 atom stereocenters. The summed E-state index contributed by atoms with van der Waals surface area (Å²) in [5.74, 6) is 0. The molecule has 1 aromatic rings. The summed E-state index contributed by atoms with van der Waals surface area (Å²) < 4.78 is 0. The molecule has 0 spiro atoms. The van der Waals surface area contributed by atoms with Gasteiger partial charge in [-0.1, -0.05) is 34.6 Å². The Morgan fingerprint density at radius 3 is 1.08 bits per heavy atom. The Hall–Kier alpha value is 1.68. The second-order valence-electron chi connectivity index (χ2n) is 3.12. The quantitative estimate of drug-likeness (QED) is 0.178. The molecule has 0 aliphatic rings. The molecule has 1 rings (SSSR count). The van der Waals surface area contributed by atoms with E-state index >= 15 is 0 Å². The van der Waals surface area contributed by atoms with Gasteiger partial charge >= 0.3 is 0 Å². The monoisotopic (exact) mass is 569 g/mol. The minimum Gasteiger partial charge on any atom is -1.00 e. The van der Waals surface area contributed by atoms with Gasteiger partial charge in [-0.15, -0.1) is 0 Å². The van der Waals surface area contributed by atoms with Crippen molar-refractivity contribution in [2.45, 2.75) is 34.6 Å². The number of rotatable bonds is 0. The summed E-state index contributed by atoms with van der Waals surface area (Å²) in [6.07, 6.45) is 0. The van der Waals surface area contributed by atoms with E-state index in [0.717, 1.165) is 0 Å². The van der Waals surface area contributed by atoms with Gasteiger partial charge < -0.3 is 48.0 Å². The van der Waals surface area contributed by atoms with Crippen LogP contribution in [0.2, 0.25) is 0 Å². The molecular weight excluding hydrogens is 552 g/mol. The summed E-state index contributed by atoms with van der Waals surface area (Å²) in [5, 5.41) is 0. The van der Waals surface area contributed by atoms with Gasteiger partial charge in [-0.3, -0.25) is 0 Å². The molecule has 1 aromatic carbocycles. The minimum atomic E-state index is 0. The van der Waals surface area contributed by atoms with Gasteiger partial charge in [-0.2, -0.15) is 27.8 Å². The van der Waals surface area contributed by atoms with Crippen LogP contribution < -0.4 is 48.0 Å². The summed E-state index contributed by atoms with van der Waals surface area (Å²) in [5.41, 5.74) is 7.34. The molecule has 0 N–H and O–H groups in total. The van der Waals surface area contributed by atoms with Crippen LogP contribution in [-0.4, -0.2) is 0 Å². The molecule has 0 heterocycles. The summed E-state index contributed by atoms with van der Waals surface area (Å²) in [7, 11) is 0. The molecule has 0 aromatic heterocycles. The maximum Gasteiger partial charge on any atom is 0 e. The zero-order chi connectivity index (χ0) is 7.89. The Morgan fingerprint density at radius 2 is 1.00 bits per heavy atom. The summed E-state index contributed by atoms with van der Waals surface area (Å²) in [4.78, 5) is 0. The Morgan fingerprint density at radius 1 is 0.769 bits per heavy atom. The molecule has 76 valence electrons. The first-order valence-corrected chi connectivity index (χ1v) is 3.75. The van der Waals surface area contributed by atoms with Crippen LogP contribution in [0.3, 0.4) is 0 Å². The standard InChI is InChI=1S/C10H15.Hf.2HI/c1-6-7(2)9(4)10(5)8(6)3;;;/h1-5H3;;2*1H/q-1;;;/p-2. The zero-order valence-electron chi connectivity index (χ0n) is 8.76. The molecule has 0 unspecified atom stereocenters. The van der Waals surface area contributed by atoms with E-state index in [1.165, 1.54) is 27.8 Å². The van der Waals surface area contributed by atoms with Crippen molar-refractivity contribution in [2.24, 2.45) is 0 Å². The molecule has 0 nitrogen and oxygen atoms in total. The van der Waals surface area contributed by atoms with Crippen LogP contribution in [0, 0.1) is 34.6 Å². The van der Waals surface area contributed by atoms with Crippen molar-refractivity contribution in [3.63, 3.8) is 0 Å². The third-order valence-electron chi connectivity index (χ3n) is 2.81. The second kappa shape index (κ2) is 7.91. The molecule has 0 fully saturated rings. The molecule has 0 aliphatic heterocycles. The Labute approximate surface area is 134 Å². The van der Waals surface area contributed by atoms with Crippen LogP contribution >= 0.6 is 0 Å². The Bertz CT molecular complexity index is 184. The first-order valence-electron chi connectivity index (χ1n) is 3.75. The van der Waals surface area contributed by atoms with Crippen molar-refractivity contribution in [3.05, 3.63) is 27.8 Å². The van der Waals surface area contributed by atoms with Gasteiger partial charge in [0.05, 0.1) is 0 Å². The largest absolute Gasteiger partial charge is 1.00 e. The maximum atomic E-state index is 2.20. The van der Waals surface area contributed by atoms with Crippen LogP contribution in [0.5, 0.6) is 0 Å². The van der Waals surface area contributed by atoms with Gasteiger partial charge in [0.15, 0.2) is 0 Å². The molecule has 0 saturated heterocycles.